The highest BCUT2D eigenvalue weighted by Gasteiger charge is 2.16. The van der Waals surface area contributed by atoms with E-state index in [0.29, 0.717) is 39.0 Å². The van der Waals surface area contributed by atoms with Crippen molar-refractivity contribution in [2.24, 2.45) is 0 Å². The van der Waals surface area contributed by atoms with Crippen molar-refractivity contribution in [2.45, 2.75) is 19.9 Å². The number of nitrogens with one attached hydrogen (secondary N) is 1. The highest BCUT2D eigenvalue weighted by Crippen LogP contribution is 2.33. The molecule has 4 rings (SSSR count). The van der Waals surface area contributed by atoms with Crippen LogP contribution in [0.4, 0.5) is 0 Å². The second kappa shape index (κ2) is 7.62. The number of nitrogens with zero attached hydrogens (tertiary/aromatic N) is 3. The van der Waals surface area contributed by atoms with Crippen molar-refractivity contribution < 1.29 is 0 Å². The lowest BCUT2D eigenvalue weighted by Gasteiger charge is -2.15. The van der Waals surface area contributed by atoms with Crippen LogP contribution < -0.4 is 11.0 Å². The molecule has 0 bridgehead atoms. The number of H-pyrrole nitrogens is 1. The number of aromatic amines is 1. The van der Waals surface area contributed by atoms with E-state index in [1.165, 1.54) is 6.07 Å². The maximum absolute atomic E-state index is 12.4. The van der Waals surface area contributed by atoms with E-state index >= 15 is 0 Å². The Balaban J connectivity index is 2.10. The summed E-state index contributed by atoms with van der Waals surface area (Å²) >= 11 is 6.24. The molecule has 6 nitrogen and oxygen atoms in total. The van der Waals surface area contributed by atoms with Crippen LogP contribution in [-0.2, 0) is 0 Å². The van der Waals surface area contributed by atoms with Gasteiger partial charge in [0.25, 0.3) is 5.56 Å². The Hall–Kier alpha value is -3.69. The molecule has 1 N–H and O–H groups in total. The first-order valence-corrected chi connectivity index (χ1v) is 9.72. The number of hydrogen-bond donors (Lipinski definition) is 1. The van der Waals surface area contributed by atoms with E-state index in [0.717, 1.165) is 0 Å². The molecule has 0 fully saturated rings. The average Bonchev–Trinajstić information content (AvgIpc) is 2.75. The number of fused-ring (bicyclic) bond motifs is 1. The van der Waals surface area contributed by atoms with E-state index in [1.54, 1.807) is 47.3 Å². The van der Waals surface area contributed by atoms with Crippen LogP contribution in [0.25, 0.3) is 33.4 Å². The lowest BCUT2D eigenvalue weighted by molar-refractivity contribution is 0.579. The maximum atomic E-state index is 12.4. The molecular formula is C23H17ClN4O2. The third-order valence-corrected chi connectivity index (χ3v) is 5.15. The van der Waals surface area contributed by atoms with Gasteiger partial charge >= 0.3 is 0 Å². The number of hydrogen-bond acceptors (Lipinski definition) is 4. The molecule has 0 spiro atoms. The first-order chi connectivity index (χ1) is 14.4. The summed E-state index contributed by atoms with van der Waals surface area (Å²) in [6.45, 7) is 3.78. The summed E-state index contributed by atoms with van der Waals surface area (Å²) in [5.74, 6) is 0. The molecule has 0 aliphatic carbocycles. The number of aromatic nitrogens is 3. The number of rotatable bonds is 3. The summed E-state index contributed by atoms with van der Waals surface area (Å²) < 4.78 is 1.55. The average molecular weight is 417 g/mol. The zero-order chi connectivity index (χ0) is 21.4. The Bertz CT molecular complexity index is 1440. The van der Waals surface area contributed by atoms with Crippen LogP contribution in [0.15, 0.2) is 64.4 Å². The fraction of sp³-hybridized carbons (Fsp3) is 0.130. The van der Waals surface area contributed by atoms with Gasteiger partial charge in [0.05, 0.1) is 22.7 Å². The van der Waals surface area contributed by atoms with E-state index in [1.807, 2.05) is 19.9 Å². The number of benzene rings is 1. The fourth-order valence-corrected chi connectivity index (χ4v) is 3.59. The molecule has 0 unspecified atom stereocenters. The van der Waals surface area contributed by atoms with Gasteiger partial charge in [0, 0.05) is 41.2 Å². The second-order valence-electron chi connectivity index (χ2n) is 7.20. The van der Waals surface area contributed by atoms with Crippen LogP contribution in [0.1, 0.15) is 25.5 Å². The van der Waals surface area contributed by atoms with E-state index in [2.05, 4.69) is 16.0 Å². The zero-order valence-electron chi connectivity index (χ0n) is 16.3. The number of halogens is 1. The Morgan fingerprint density at radius 3 is 2.67 bits per heavy atom. The smallest absolute Gasteiger partial charge is 0.269 e. The normalized spacial score (nSPS) is 11.0. The van der Waals surface area contributed by atoms with Crippen LogP contribution in [0.3, 0.4) is 0 Å². The fourth-order valence-electron chi connectivity index (χ4n) is 3.37. The van der Waals surface area contributed by atoms with Gasteiger partial charge in [0.1, 0.15) is 10.7 Å². The van der Waals surface area contributed by atoms with Gasteiger partial charge < -0.3 is 9.55 Å². The molecule has 0 amide bonds. The van der Waals surface area contributed by atoms with Gasteiger partial charge in [-0.2, -0.15) is 5.26 Å². The summed E-state index contributed by atoms with van der Waals surface area (Å²) in [5.41, 5.74) is 3.07. The standard InChI is InChI=1S/C23H17ClN4O2/c1-13(2)28-12-16(9-19(24)23(28)30)17-10-18-20(29)6-7-26-22(18)27-21(17)15-5-3-4-14(8-15)11-25/h3-10,12-13H,1-2H3,(H,26,27,29). The van der Waals surface area contributed by atoms with Crippen molar-refractivity contribution >= 4 is 22.6 Å². The van der Waals surface area contributed by atoms with Gasteiger partial charge in [-0.3, -0.25) is 9.59 Å². The minimum Gasteiger partial charge on any atom is -0.346 e. The molecule has 0 atom stereocenters. The van der Waals surface area contributed by atoms with Gasteiger partial charge in [-0.25, -0.2) is 4.98 Å². The van der Waals surface area contributed by atoms with Crippen molar-refractivity contribution in [2.75, 3.05) is 0 Å². The van der Waals surface area contributed by atoms with Crippen molar-refractivity contribution in [1.29, 1.82) is 5.26 Å². The Morgan fingerprint density at radius 2 is 1.93 bits per heavy atom. The summed E-state index contributed by atoms with van der Waals surface area (Å²) in [5, 5.41) is 9.80. The second-order valence-corrected chi connectivity index (χ2v) is 7.61. The molecule has 7 heteroatoms. The molecule has 0 radical (unpaired) electrons. The van der Waals surface area contributed by atoms with E-state index in [-0.39, 0.29) is 22.1 Å². The van der Waals surface area contributed by atoms with Crippen LogP contribution in [-0.4, -0.2) is 14.5 Å². The third kappa shape index (κ3) is 3.40. The predicted molar refractivity (Wildman–Crippen MR) is 118 cm³/mol. The zero-order valence-corrected chi connectivity index (χ0v) is 17.1. The van der Waals surface area contributed by atoms with Gasteiger partial charge in [-0.15, -0.1) is 0 Å². The SMILES string of the molecule is CC(C)n1cc(-c2cc3c(=O)cc[nH]c3nc2-c2cccc(C#N)c2)cc(Cl)c1=O. The lowest BCUT2D eigenvalue weighted by atomic mass is 9.98. The van der Waals surface area contributed by atoms with E-state index < -0.39 is 0 Å². The third-order valence-electron chi connectivity index (χ3n) is 4.87. The van der Waals surface area contributed by atoms with Crippen molar-refractivity contribution in [3.05, 3.63) is 86.0 Å². The monoisotopic (exact) mass is 416 g/mol. The van der Waals surface area contributed by atoms with Gasteiger partial charge in [-0.05, 0) is 38.1 Å². The highest BCUT2D eigenvalue weighted by molar-refractivity contribution is 6.30. The molecule has 0 saturated carbocycles. The first kappa shape index (κ1) is 19.6. The quantitative estimate of drug-likeness (QED) is 0.531. The minimum atomic E-state index is -0.282. The molecule has 0 aliphatic heterocycles. The van der Waals surface area contributed by atoms with Crippen molar-refractivity contribution in [3.8, 4) is 28.5 Å². The summed E-state index contributed by atoms with van der Waals surface area (Å²) in [7, 11) is 0. The van der Waals surface area contributed by atoms with E-state index in [9.17, 15) is 14.9 Å². The molecule has 3 aromatic heterocycles. The van der Waals surface area contributed by atoms with Crippen LogP contribution in [0.5, 0.6) is 0 Å². The molecule has 1 aromatic carbocycles. The molecular weight excluding hydrogens is 400 g/mol. The molecule has 148 valence electrons. The Morgan fingerprint density at radius 1 is 1.13 bits per heavy atom. The Labute approximate surface area is 177 Å². The van der Waals surface area contributed by atoms with Crippen LogP contribution in [0, 0.1) is 11.3 Å². The van der Waals surface area contributed by atoms with Crippen LogP contribution >= 0.6 is 11.6 Å². The topological polar surface area (TPSA) is 91.5 Å². The summed E-state index contributed by atoms with van der Waals surface area (Å²) in [6.07, 6.45) is 3.26. The maximum Gasteiger partial charge on any atom is 0.269 e. The molecule has 3 heterocycles. The number of nitriles is 1. The molecule has 0 saturated heterocycles. The predicted octanol–water partition coefficient (Wildman–Crippen LogP) is 4.52. The molecule has 0 aliphatic rings. The minimum absolute atomic E-state index is 0.0833. The van der Waals surface area contributed by atoms with Gasteiger partial charge in [0.2, 0.25) is 0 Å². The molecule has 30 heavy (non-hydrogen) atoms. The highest BCUT2D eigenvalue weighted by atomic mass is 35.5. The van der Waals surface area contributed by atoms with Crippen molar-refractivity contribution in [3.63, 3.8) is 0 Å². The largest absolute Gasteiger partial charge is 0.346 e. The van der Waals surface area contributed by atoms with Gasteiger partial charge in [0.15, 0.2) is 5.43 Å². The van der Waals surface area contributed by atoms with Crippen molar-refractivity contribution in [1.82, 2.24) is 14.5 Å². The molecule has 4 aromatic rings. The summed E-state index contributed by atoms with van der Waals surface area (Å²) in [6, 6.07) is 13.9. The number of pyridine rings is 3. The van der Waals surface area contributed by atoms with Crippen LogP contribution in [0.2, 0.25) is 5.02 Å². The first-order valence-electron chi connectivity index (χ1n) is 9.34. The van der Waals surface area contributed by atoms with Gasteiger partial charge in [-0.1, -0.05) is 23.7 Å². The lowest BCUT2D eigenvalue weighted by Crippen LogP contribution is -2.21. The Kier molecular flexibility index (Phi) is 4.98. The van der Waals surface area contributed by atoms with E-state index in [4.69, 9.17) is 11.6 Å². The summed E-state index contributed by atoms with van der Waals surface area (Å²) in [4.78, 5) is 32.5.